The highest BCUT2D eigenvalue weighted by molar-refractivity contribution is 5.85. The van der Waals surface area contributed by atoms with Gasteiger partial charge in [-0.2, -0.15) is 0 Å². The summed E-state index contributed by atoms with van der Waals surface area (Å²) in [6, 6.07) is 4.48. The summed E-state index contributed by atoms with van der Waals surface area (Å²) in [6.07, 6.45) is 0. The summed E-state index contributed by atoms with van der Waals surface area (Å²) in [4.78, 5) is 0. The van der Waals surface area contributed by atoms with Crippen molar-refractivity contribution in [2.75, 3.05) is 7.05 Å². The van der Waals surface area contributed by atoms with Crippen molar-refractivity contribution in [2.24, 2.45) is 0 Å². The standard InChI is InChI=1S/C8H10FNO.ClH/c1-10-5-6-3-2-4-7(9)8(6)11;/h2-4,10-11H,5H2,1H3;1H. The molecule has 0 radical (unpaired) electrons. The number of para-hydroxylation sites is 1. The molecule has 1 aromatic carbocycles. The van der Waals surface area contributed by atoms with Crippen molar-refractivity contribution in [3.8, 4) is 5.75 Å². The van der Waals surface area contributed by atoms with Crippen LogP contribution in [0.5, 0.6) is 5.75 Å². The number of aromatic hydroxyl groups is 1. The van der Waals surface area contributed by atoms with Gasteiger partial charge >= 0.3 is 0 Å². The Morgan fingerprint density at radius 3 is 2.75 bits per heavy atom. The van der Waals surface area contributed by atoms with Crippen molar-refractivity contribution in [1.29, 1.82) is 0 Å². The van der Waals surface area contributed by atoms with Gasteiger partial charge in [-0.15, -0.1) is 12.4 Å². The molecule has 0 fully saturated rings. The second-order valence-corrected chi connectivity index (χ2v) is 2.28. The number of halogens is 2. The van der Waals surface area contributed by atoms with E-state index < -0.39 is 5.82 Å². The third-order valence-electron chi connectivity index (χ3n) is 1.44. The van der Waals surface area contributed by atoms with E-state index in [1.54, 1.807) is 19.2 Å². The van der Waals surface area contributed by atoms with Crippen LogP contribution in [0.4, 0.5) is 4.39 Å². The molecule has 2 nitrogen and oxygen atoms in total. The predicted molar refractivity (Wildman–Crippen MR) is 48.1 cm³/mol. The van der Waals surface area contributed by atoms with Crippen molar-refractivity contribution in [1.82, 2.24) is 5.32 Å². The minimum absolute atomic E-state index is 0. The molecule has 12 heavy (non-hydrogen) atoms. The van der Waals surface area contributed by atoms with Crippen molar-refractivity contribution in [3.63, 3.8) is 0 Å². The fourth-order valence-corrected chi connectivity index (χ4v) is 0.893. The lowest BCUT2D eigenvalue weighted by Crippen LogP contribution is -2.05. The molecular formula is C8H11ClFNO. The van der Waals surface area contributed by atoms with Crippen molar-refractivity contribution < 1.29 is 9.50 Å². The van der Waals surface area contributed by atoms with Crippen LogP contribution in [0.15, 0.2) is 18.2 Å². The highest BCUT2D eigenvalue weighted by Gasteiger charge is 2.03. The zero-order valence-corrected chi connectivity index (χ0v) is 7.49. The quantitative estimate of drug-likeness (QED) is 0.746. The van der Waals surface area contributed by atoms with E-state index in [0.717, 1.165) is 0 Å². The van der Waals surface area contributed by atoms with Crippen LogP contribution in [0.25, 0.3) is 0 Å². The van der Waals surface area contributed by atoms with Gasteiger partial charge in [-0.05, 0) is 13.1 Å². The molecule has 0 atom stereocenters. The summed E-state index contributed by atoms with van der Waals surface area (Å²) in [5.74, 6) is -0.834. The van der Waals surface area contributed by atoms with Crippen LogP contribution >= 0.6 is 12.4 Å². The molecule has 0 spiro atoms. The molecule has 4 heteroatoms. The van der Waals surface area contributed by atoms with Crippen LogP contribution in [-0.4, -0.2) is 12.2 Å². The molecule has 0 unspecified atom stereocenters. The van der Waals surface area contributed by atoms with Gasteiger partial charge in [0, 0.05) is 12.1 Å². The Hall–Kier alpha value is -0.800. The number of rotatable bonds is 2. The maximum atomic E-state index is 12.6. The first-order chi connectivity index (χ1) is 5.25. The van der Waals surface area contributed by atoms with Gasteiger partial charge in [-0.1, -0.05) is 12.1 Å². The molecule has 2 N–H and O–H groups in total. The first-order valence-electron chi connectivity index (χ1n) is 3.36. The van der Waals surface area contributed by atoms with Crippen LogP contribution in [0.3, 0.4) is 0 Å². The molecule has 1 rings (SSSR count). The third-order valence-corrected chi connectivity index (χ3v) is 1.44. The predicted octanol–water partition coefficient (Wildman–Crippen LogP) is 1.67. The number of benzene rings is 1. The number of nitrogens with one attached hydrogen (secondary N) is 1. The minimum atomic E-state index is -0.572. The Morgan fingerprint density at radius 1 is 1.50 bits per heavy atom. The molecule has 0 aliphatic rings. The third kappa shape index (κ3) is 2.36. The average Bonchev–Trinajstić information content (AvgIpc) is 1.99. The Bertz CT molecular complexity index is 255. The van der Waals surface area contributed by atoms with E-state index in [-0.39, 0.29) is 18.2 Å². The highest BCUT2D eigenvalue weighted by atomic mass is 35.5. The summed E-state index contributed by atoms with van der Waals surface area (Å²) < 4.78 is 12.6. The van der Waals surface area contributed by atoms with Crippen molar-refractivity contribution >= 4 is 12.4 Å². The van der Waals surface area contributed by atoms with Crippen LogP contribution in [0.2, 0.25) is 0 Å². The van der Waals surface area contributed by atoms with Crippen LogP contribution in [-0.2, 0) is 6.54 Å². The summed E-state index contributed by atoms with van der Waals surface area (Å²) >= 11 is 0. The van der Waals surface area contributed by atoms with Crippen molar-refractivity contribution in [2.45, 2.75) is 6.54 Å². The zero-order chi connectivity index (χ0) is 8.27. The number of hydrogen-bond donors (Lipinski definition) is 2. The SMILES string of the molecule is CNCc1cccc(F)c1O.Cl. The fourth-order valence-electron chi connectivity index (χ4n) is 0.893. The van der Waals surface area contributed by atoms with E-state index in [9.17, 15) is 4.39 Å². The van der Waals surface area contributed by atoms with Gasteiger partial charge in [0.1, 0.15) is 0 Å². The lowest BCUT2D eigenvalue weighted by Gasteiger charge is -2.02. The smallest absolute Gasteiger partial charge is 0.165 e. The van der Waals surface area contributed by atoms with E-state index in [2.05, 4.69) is 5.32 Å². The number of hydrogen-bond acceptors (Lipinski definition) is 2. The van der Waals surface area contributed by atoms with Gasteiger partial charge in [0.25, 0.3) is 0 Å². The summed E-state index contributed by atoms with van der Waals surface area (Å²) in [5.41, 5.74) is 0.576. The van der Waals surface area contributed by atoms with Gasteiger partial charge in [0.15, 0.2) is 11.6 Å². The zero-order valence-electron chi connectivity index (χ0n) is 6.67. The largest absolute Gasteiger partial charge is 0.505 e. The lowest BCUT2D eigenvalue weighted by molar-refractivity contribution is 0.424. The first-order valence-corrected chi connectivity index (χ1v) is 3.36. The number of phenolic OH excluding ortho intramolecular Hbond substituents is 1. The maximum absolute atomic E-state index is 12.6. The van der Waals surface area contributed by atoms with E-state index in [4.69, 9.17) is 5.11 Å². The van der Waals surface area contributed by atoms with Crippen LogP contribution < -0.4 is 5.32 Å². The average molecular weight is 192 g/mol. The molecule has 0 aliphatic heterocycles. The van der Waals surface area contributed by atoms with Crippen molar-refractivity contribution in [3.05, 3.63) is 29.6 Å². The molecule has 0 saturated heterocycles. The van der Waals surface area contributed by atoms with Gasteiger partial charge in [0.2, 0.25) is 0 Å². The fraction of sp³-hybridized carbons (Fsp3) is 0.250. The van der Waals surface area contributed by atoms with E-state index >= 15 is 0 Å². The monoisotopic (exact) mass is 191 g/mol. The second kappa shape index (κ2) is 4.95. The minimum Gasteiger partial charge on any atom is -0.505 e. The Balaban J connectivity index is 0.00000121. The lowest BCUT2D eigenvalue weighted by atomic mass is 10.2. The molecule has 1 aromatic rings. The summed E-state index contributed by atoms with van der Waals surface area (Å²) in [7, 11) is 1.74. The normalized spacial score (nSPS) is 9.17. The molecule has 0 bridgehead atoms. The molecule has 0 heterocycles. The Labute approximate surface area is 76.8 Å². The second-order valence-electron chi connectivity index (χ2n) is 2.28. The molecule has 0 amide bonds. The highest BCUT2D eigenvalue weighted by Crippen LogP contribution is 2.19. The van der Waals surface area contributed by atoms with Gasteiger partial charge in [-0.25, -0.2) is 4.39 Å². The van der Waals surface area contributed by atoms with Crippen LogP contribution in [0.1, 0.15) is 5.56 Å². The Morgan fingerprint density at radius 2 is 2.17 bits per heavy atom. The molecule has 68 valence electrons. The summed E-state index contributed by atoms with van der Waals surface area (Å²) in [6.45, 7) is 0.476. The van der Waals surface area contributed by atoms with Crippen LogP contribution in [0, 0.1) is 5.82 Å². The molecule has 0 saturated carbocycles. The molecular weight excluding hydrogens is 181 g/mol. The summed E-state index contributed by atoms with van der Waals surface area (Å²) in [5, 5.41) is 11.9. The Kier molecular flexibility index (Phi) is 4.62. The molecule has 0 aromatic heterocycles. The first kappa shape index (κ1) is 11.2. The molecule has 0 aliphatic carbocycles. The topological polar surface area (TPSA) is 32.3 Å². The number of phenols is 1. The van der Waals surface area contributed by atoms with Gasteiger partial charge < -0.3 is 10.4 Å². The van der Waals surface area contributed by atoms with Gasteiger partial charge in [0.05, 0.1) is 0 Å². The van der Waals surface area contributed by atoms with E-state index in [0.29, 0.717) is 12.1 Å². The van der Waals surface area contributed by atoms with Gasteiger partial charge in [-0.3, -0.25) is 0 Å². The maximum Gasteiger partial charge on any atom is 0.165 e. The van der Waals surface area contributed by atoms with E-state index in [1.807, 2.05) is 0 Å². The van der Waals surface area contributed by atoms with E-state index in [1.165, 1.54) is 6.07 Å².